The molecule has 1 N–H and O–H groups in total. The number of piperidine rings is 2. The first-order valence-corrected chi connectivity index (χ1v) is 16.3. The van der Waals surface area contributed by atoms with Crippen LogP contribution in [0.5, 0.6) is 0 Å². The number of ether oxygens (including phenoxy) is 1. The van der Waals surface area contributed by atoms with Crippen LogP contribution >= 0.6 is 0 Å². The van der Waals surface area contributed by atoms with E-state index in [4.69, 9.17) is 14.6 Å². The number of esters is 1. The number of carbonyl (C=O) groups is 1. The molecule has 6 atom stereocenters. The molecule has 2 aliphatic carbocycles. The van der Waals surface area contributed by atoms with Crippen molar-refractivity contribution in [3.05, 3.63) is 40.3 Å². The molecule has 228 valence electrons. The van der Waals surface area contributed by atoms with Gasteiger partial charge in [-0.3, -0.25) is 14.5 Å². The van der Waals surface area contributed by atoms with Gasteiger partial charge in [0.1, 0.15) is 12.3 Å². The summed E-state index contributed by atoms with van der Waals surface area (Å²) in [6.45, 7) is 1.85. The highest BCUT2D eigenvalue weighted by Crippen LogP contribution is 2.47. The van der Waals surface area contributed by atoms with Gasteiger partial charge >= 0.3 is 5.97 Å². The zero-order valence-corrected chi connectivity index (χ0v) is 25.0. The van der Waals surface area contributed by atoms with Crippen molar-refractivity contribution in [2.45, 2.75) is 115 Å². The Kier molecular flexibility index (Phi) is 9.24. The second-order valence-electron chi connectivity index (χ2n) is 12.9. The average molecular weight is 579 g/mol. The Morgan fingerprint density at radius 2 is 1.67 bits per heavy atom. The molecule has 4 bridgehead atoms. The van der Waals surface area contributed by atoms with E-state index in [9.17, 15) is 14.7 Å². The Labute approximate surface area is 248 Å². The molecular weight excluding hydrogens is 532 g/mol. The number of benzene rings is 1. The molecule has 42 heavy (non-hydrogen) atoms. The number of hydrogen-bond acceptors (Lipinski definition) is 8. The van der Waals surface area contributed by atoms with Gasteiger partial charge in [0.2, 0.25) is 0 Å². The zero-order valence-electron chi connectivity index (χ0n) is 25.0. The maximum atomic E-state index is 14.3. The van der Waals surface area contributed by atoms with Gasteiger partial charge in [0.05, 0.1) is 30.7 Å². The molecule has 0 radical (unpaired) electrons. The molecule has 6 rings (SSSR count). The van der Waals surface area contributed by atoms with Gasteiger partial charge in [-0.2, -0.15) is 0 Å². The molecule has 1 aromatic heterocycles. The van der Waals surface area contributed by atoms with Gasteiger partial charge < -0.3 is 19.2 Å². The molecule has 4 fully saturated rings. The third-order valence-corrected chi connectivity index (χ3v) is 10.2. The molecule has 1 aromatic carbocycles. The van der Waals surface area contributed by atoms with E-state index in [1.54, 1.807) is 6.92 Å². The van der Waals surface area contributed by atoms with Gasteiger partial charge in [-0.25, -0.2) is 4.98 Å². The van der Waals surface area contributed by atoms with Gasteiger partial charge in [-0.05, 0) is 75.8 Å². The summed E-state index contributed by atoms with van der Waals surface area (Å²) in [5.74, 6) is 1.44. The highest BCUT2D eigenvalue weighted by molar-refractivity contribution is 6.00. The first-order chi connectivity index (χ1) is 20.6. The molecule has 9 nitrogen and oxygen atoms in total. The molecule has 0 spiro atoms. The lowest BCUT2D eigenvalue weighted by Gasteiger charge is -2.55. The van der Waals surface area contributed by atoms with Crippen LogP contribution in [0.4, 0.5) is 0 Å². The number of rotatable bonds is 10. The Balaban J connectivity index is 1.32. The molecular formula is C33H46N4O5. The number of hydrogen-bond donors (Lipinski definition) is 1. The van der Waals surface area contributed by atoms with E-state index in [0.29, 0.717) is 23.8 Å². The third-order valence-electron chi connectivity index (χ3n) is 10.2. The maximum absolute atomic E-state index is 14.3. The summed E-state index contributed by atoms with van der Waals surface area (Å²) in [4.78, 5) is 39.5. The van der Waals surface area contributed by atoms with Crippen molar-refractivity contribution < 1.29 is 19.5 Å². The fraction of sp³-hybridized carbons (Fsp3) is 0.697. The summed E-state index contributed by atoms with van der Waals surface area (Å²) in [5, 5.41) is 13.4. The van der Waals surface area contributed by atoms with Crippen molar-refractivity contribution in [1.82, 2.24) is 14.5 Å². The number of oxime groups is 1. The predicted octanol–water partition coefficient (Wildman–Crippen LogP) is 4.98. The van der Waals surface area contributed by atoms with Gasteiger partial charge in [-0.1, -0.05) is 43.0 Å². The van der Waals surface area contributed by atoms with Crippen molar-refractivity contribution in [2.24, 2.45) is 17.0 Å². The average Bonchev–Trinajstić information content (AvgIpc) is 2.98. The lowest BCUT2D eigenvalue weighted by molar-refractivity contribution is -0.142. The van der Waals surface area contributed by atoms with Crippen molar-refractivity contribution in [3.8, 4) is 0 Å². The largest absolute Gasteiger partial charge is 0.466 e. The Bertz CT molecular complexity index is 1320. The summed E-state index contributed by atoms with van der Waals surface area (Å²) in [7, 11) is 0. The Morgan fingerprint density at radius 3 is 2.38 bits per heavy atom. The van der Waals surface area contributed by atoms with Crippen LogP contribution in [-0.2, 0) is 14.4 Å². The van der Waals surface area contributed by atoms with Crippen LogP contribution in [0, 0.1) is 11.8 Å². The molecule has 4 aliphatic rings. The lowest BCUT2D eigenvalue weighted by atomic mass is 9.68. The molecule has 2 saturated carbocycles. The normalized spacial score (nSPS) is 29.8. The van der Waals surface area contributed by atoms with Crippen molar-refractivity contribution in [3.63, 3.8) is 0 Å². The van der Waals surface area contributed by atoms with Gasteiger partial charge in [0, 0.05) is 30.6 Å². The first-order valence-electron chi connectivity index (χ1n) is 16.3. The molecule has 2 saturated heterocycles. The van der Waals surface area contributed by atoms with E-state index in [0.717, 1.165) is 35.7 Å². The van der Waals surface area contributed by atoms with Crippen LogP contribution in [0.15, 0.2) is 34.2 Å². The van der Waals surface area contributed by atoms with Crippen LogP contribution in [0.1, 0.15) is 102 Å². The van der Waals surface area contributed by atoms with E-state index in [2.05, 4.69) is 10.1 Å². The summed E-state index contributed by atoms with van der Waals surface area (Å²) in [6, 6.07) is 9.59. The van der Waals surface area contributed by atoms with E-state index < -0.39 is 0 Å². The highest BCUT2D eigenvalue weighted by atomic mass is 16.6. The first kappa shape index (κ1) is 29.3. The van der Waals surface area contributed by atoms with E-state index >= 15 is 0 Å². The second-order valence-corrected chi connectivity index (χ2v) is 12.9. The number of carbonyl (C=O) groups excluding carboxylic acids is 1. The standard InChI is InChI=1S/C33H46N4O5/c1-2-41-31(39)14-13-29(35-42-16-15-38)32-33(40)37(30-12-4-3-11-28(30)34-32)27-20-24-9-6-10-25(21-27)36(24)26-18-22-7-5-8-23(17-22)19-26/h3-4,11-12,22-27,38H,2,5-10,13-21H2,1H3/t22-,23?,24+,25?,26?,27?/m0/s1. The Morgan fingerprint density at radius 1 is 0.952 bits per heavy atom. The predicted molar refractivity (Wildman–Crippen MR) is 161 cm³/mol. The number of aromatic nitrogens is 2. The SMILES string of the molecule is CCOC(=O)CCC(=NOCCO)c1nc2ccccc2n(C2CC3CCC[C@H](C2)N3C2CC3CCC[C@@H](C3)C2)c1=O. The summed E-state index contributed by atoms with van der Waals surface area (Å²) < 4.78 is 7.09. The molecule has 2 aromatic rings. The fourth-order valence-electron chi connectivity index (χ4n) is 8.67. The number of aliphatic hydroxyl groups is 1. The van der Waals surface area contributed by atoms with Crippen LogP contribution in [0.2, 0.25) is 0 Å². The minimum Gasteiger partial charge on any atom is -0.466 e. The number of para-hydroxylation sites is 2. The maximum Gasteiger partial charge on any atom is 0.306 e. The molecule has 9 heteroatoms. The van der Waals surface area contributed by atoms with Gasteiger partial charge in [-0.15, -0.1) is 0 Å². The van der Waals surface area contributed by atoms with E-state index in [1.165, 1.54) is 57.8 Å². The summed E-state index contributed by atoms with van der Waals surface area (Å²) >= 11 is 0. The topological polar surface area (TPSA) is 106 Å². The fourth-order valence-corrected chi connectivity index (χ4v) is 8.67. The van der Waals surface area contributed by atoms with Crippen LogP contribution in [-0.4, -0.2) is 69.2 Å². The van der Waals surface area contributed by atoms with Crippen LogP contribution in [0.3, 0.4) is 0 Å². The zero-order chi connectivity index (χ0) is 29.1. The molecule has 4 unspecified atom stereocenters. The van der Waals surface area contributed by atoms with Crippen molar-refractivity contribution in [1.29, 1.82) is 0 Å². The second kappa shape index (κ2) is 13.2. The lowest BCUT2D eigenvalue weighted by Crippen LogP contribution is -2.58. The highest BCUT2D eigenvalue weighted by Gasteiger charge is 2.45. The molecule has 3 heterocycles. The molecule has 2 aliphatic heterocycles. The summed E-state index contributed by atoms with van der Waals surface area (Å²) in [6.07, 6.45) is 14.2. The van der Waals surface area contributed by atoms with Gasteiger partial charge in [0.25, 0.3) is 5.56 Å². The number of fused-ring (bicyclic) bond motifs is 5. The van der Waals surface area contributed by atoms with Crippen molar-refractivity contribution >= 4 is 22.7 Å². The monoisotopic (exact) mass is 578 g/mol. The van der Waals surface area contributed by atoms with Crippen LogP contribution < -0.4 is 5.56 Å². The van der Waals surface area contributed by atoms with E-state index in [1.807, 2.05) is 28.8 Å². The Hall–Kier alpha value is -2.78. The van der Waals surface area contributed by atoms with E-state index in [-0.39, 0.29) is 55.9 Å². The number of nitrogens with zero attached hydrogens (tertiary/aromatic N) is 4. The summed E-state index contributed by atoms with van der Waals surface area (Å²) in [5.41, 5.74) is 1.91. The minimum atomic E-state index is -0.361. The molecule has 0 amide bonds. The smallest absolute Gasteiger partial charge is 0.306 e. The quantitative estimate of drug-likeness (QED) is 0.183. The number of aliphatic hydroxyl groups excluding tert-OH is 1. The minimum absolute atomic E-state index is 0.00458. The third kappa shape index (κ3) is 6.13. The van der Waals surface area contributed by atoms with Crippen LogP contribution in [0.25, 0.3) is 11.0 Å². The van der Waals surface area contributed by atoms with Gasteiger partial charge in [0.15, 0.2) is 5.69 Å². The van der Waals surface area contributed by atoms with Crippen molar-refractivity contribution in [2.75, 3.05) is 19.8 Å².